The maximum Gasteiger partial charge on any atom is 0.325 e. The minimum atomic E-state index is -1.23. The van der Waals surface area contributed by atoms with E-state index < -0.39 is 11.6 Å². The number of nitrogens with one attached hydrogen (secondary N) is 1. The van der Waals surface area contributed by atoms with Crippen LogP contribution in [0.25, 0.3) is 10.9 Å². The van der Waals surface area contributed by atoms with Crippen molar-refractivity contribution in [2.75, 3.05) is 6.79 Å². The van der Waals surface area contributed by atoms with Crippen molar-refractivity contribution in [3.8, 4) is 11.5 Å². The van der Waals surface area contributed by atoms with E-state index in [2.05, 4.69) is 10.3 Å². The molecule has 0 spiro atoms. The summed E-state index contributed by atoms with van der Waals surface area (Å²) < 4.78 is 10.7. The van der Waals surface area contributed by atoms with Crippen LogP contribution in [0.3, 0.4) is 0 Å². The summed E-state index contributed by atoms with van der Waals surface area (Å²) in [6, 6.07) is 12.3. The number of carbonyl (C=O) groups is 2. The Morgan fingerprint density at radius 2 is 1.93 bits per heavy atom. The highest BCUT2D eigenvalue weighted by atomic mass is 35.5. The van der Waals surface area contributed by atoms with E-state index >= 15 is 0 Å². The van der Waals surface area contributed by atoms with Crippen LogP contribution in [-0.4, -0.2) is 28.6 Å². The molecule has 5 rings (SSSR count). The third-order valence-electron chi connectivity index (χ3n) is 5.68. The second-order valence-corrected chi connectivity index (χ2v) is 7.91. The minimum Gasteiger partial charge on any atom is -0.454 e. The van der Waals surface area contributed by atoms with Crippen molar-refractivity contribution in [1.29, 1.82) is 0 Å². The molecule has 2 aliphatic rings. The maximum absolute atomic E-state index is 13.3. The molecule has 0 unspecified atom stereocenters. The number of carbonyl (C=O) groups excluding carboxylic acids is 2. The van der Waals surface area contributed by atoms with Crippen LogP contribution in [0.4, 0.5) is 4.79 Å². The quantitative estimate of drug-likeness (QED) is 0.646. The number of nitrogens with zero attached hydrogens (tertiary/aromatic N) is 2. The Morgan fingerprint density at radius 1 is 1.17 bits per heavy atom. The molecule has 1 N–H and O–H groups in total. The number of urea groups is 1. The van der Waals surface area contributed by atoms with Gasteiger partial charge in [0.25, 0.3) is 5.91 Å². The average molecular weight is 424 g/mol. The molecule has 1 aromatic heterocycles. The average Bonchev–Trinajstić information content (AvgIpc) is 3.30. The number of hydrogen-bond donors (Lipinski definition) is 1. The lowest BCUT2D eigenvalue weighted by atomic mass is 9.91. The lowest BCUT2D eigenvalue weighted by Gasteiger charge is -2.22. The van der Waals surface area contributed by atoms with E-state index in [0.29, 0.717) is 27.8 Å². The van der Waals surface area contributed by atoms with Crippen LogP contribution in [0.2, 0.25) is 5.02 Å². The number of hydrogen-bond acceptors (Lipinski definition) is 5. The Morgan fingerprint density at radius 3 is 2.77 bits per heavy atom. The van der Waals surface area contributed by atoms with Gasteiger partial charge in [0.05, 0.1) is 22.8 Å². The number of pyridine rings is 1. The van der Waals surface area contributed by atoms with Crippen molar-refractivity contribution in [3.05, 3.63) is 64.3 Å². The summed E-state index contributed by atoms with van der Waals surface area (Å²) in [4.78, 5) is 31.8. The summed E-state index contributed by atoms with van der Waals surface area (Å²) >= 11 is 6.54. The monoisotopic (exact) mass is 423 g/mol. The summed E-state index contributed by atoms with van der Waals surface area (Å²) in [5.74, 6) is 0.776. The summed E-state index contributed by atoms with van der Waals surface area (Å²) in [5, 5.41) is 4.19. The number of rotatable bonds is 3. The first-order chi connectivity index (χ1) is 14.4. The normalized spacial score (nSPS) is 20.2. The number of aromatic nitrogens is 1. The number of benzene rings is 2. The highest BCUT2D eigenvalue weighted by Gasteiger charge is 2.49. The van der Waals surface area contributed by atoms with Gasteiger partial charge < -0.3 is 14.8 Å². The zero-order valence-corrected chi connectivity index (χ0v) is 17.1. The Bertz CT molecular complexity index is 1230. The molecule has 3 heterocycles. The zero-order valence-electron chi connectivity index (χ0n) is 16.4. The summed E-state index contributed by atoms with van der Waals surface area (Å²) in [6.07, 6.45) is 0. The van der Waals surface area contributed by atoms with Crippen molar-refractivity contribution < 1.29 is 19.1 Å². The molecule has 7 nitrogen and oxygen atoms in total. The van der Waals surface area contributed by atoms with Crippen LogP contribution in [0, 0.1) is 6.92 Å². The summed E-state index contributed by atoms with van der Waals surface area (Å²) in [7, 11) is 0. The summed E-state index contributed by atoms with van der Waals surface area (Å²) in [6.45, 7) is 3.69. The van der Waals surface area contributed by atoms with Gasteiger partial charge in [0, 0.05) is 5.39 Å². The van der Waals surface area contributed by atoms with E-state index in [9.17, 15) is 9.59 Å². The molecule has 3 amide bonds. The molecular formula is C22H18ClN3O4. The molecular weight excluding hydrogens is 406 g/mol. The molecule has 1 saturated heterocycles. The smallest absolute Gasteiger partial charge is 0.325 e. The van der Waals surface area contributed by atoms with Gasteiger partial charge in [0.1, 0.15) is 5.54 Å². The minimum absolute atomic E-state index is 0.0185. The van der Waals surface area contributed by atoms with Gasteiger partial charge in [-0.2, -0.15) is 0 Å². The number of para-hydroxylation sites is 1. The highest BCUT2D eigenvalue weighted by molar-refractivity contribution is 6.32. The van der Waals surface area contributed by atoms with Crippen LogP contribution in [0.15, 0.2) is 42.5 Å². The lowest BCUT2D eigenvalue weighted by Crippen LogP contribution is -2.40. The highest BCUT2D eigenvalue weighted by Crippen LogP contribution is 2.38. The van der Waals surface area contributed by atoms with Crippen molar-refractivity contribution in [3.63, 3.8) is 0 Å². The van der Waals surface area contributed by atoms with Crippen LogP contribution >= 0.6 is 11.6 Å². The van der Waals surface area contributed by atoms with Gasteiger partial charge in [-0.15, -0.1) is 0 Å². The molecule has 1 fully saturated rings. The van der Waals surface area contributed by atoms with Gasteiger partial charge in [-0.25, -0.2) is 9.78 Å². The Labute approximate surface area is 177 Å². The fraction of sp³-hybridized carbons (Fsp3) is 0.227. The second-order valence-electron chi connectivity index (χ2n) is 7.53. The first-order valence-corrected chi connectivity index (χ1v) is 9.84. The van der Waals surface area contributed by atoms with Gasteiger partial charge >= 0.3 is 6.03 Å². The SMILES string of the molecule is Cc1c(Cl)c(CN2C(=O)N[C@@](C)(c3ccc4c(c3)OCO4)C2=O)nc2ccccc12. The van der Waals surface area contributed by atoms with E-state index in [1.165, 1.54) is 0 Å². The molecule has 0 aliphatic carbocycles. The predicted octanol–water partition coefficient (Wildman–Crippen LogP) is 3.89. The van der Waals surface area contributed by atoms with Crippen LogP contribution < -0.4 is 14.8 Å². The molecule has 0 radical (unpaired) electrons. The van der Waals surface area contributed by atoms with E-state index in [1.807, 2.05) is 31.2 Å². The maximum atomic E-state index is 13.3. The van der Waals surface area contributed by atoms with Crippen molar-refractivity contribution in [1.82, 2.24) is 15.2 Å². The Hall–Kier alpha value is -3.32. The first kappa shape index (κ1) is 18.7. The van der Waals surface area contributed by atoms with Gasteiger partial charge in [0.2, 0.25) is 6.79 Å². The molecule has 2 aromatic carbocycles. The molecule has 152 valence electrons. The number of imide groups is 1. The number of amides is 3. The standard InChI is InChI=1S/C22H18ClN3O4/c1-12-14-5-3-4-6-15(14)24-16(19(12)23)10-26-20(27)22(2,25-21(26)28)13-7-8-17-18(9-13)30-11-29-17/h3-9H,10-11H2,1-2H3,(H,25,28)/t22-/m0/s1. The fourth-order valence-electron chi connectivity index (χ4n) is 3.92. The third-order valence-corrected chi connectivity index (χ3v) is 6.18. The van der Waals surface area contributed by atoms with Gasteiger partial charge in [-0.05, 0) is 43.2 Å². The van der Waals surface area contributed by atoms with Crippen LogP contribution in [0.5, 0.6) is 11.5 Å². The van der Waals surface area contributed by atoms with E-state index in [0.717, 1.165) is 21.4 Å². The van der Waals surface area contributed by atoms with Gasteiger partial charge in [0.15, 0.2) is 11.5 Å². The van der Waals surface area contributed by atoms with Crippen molar-refractivity contribution in [2.24, 2.45) is 0 Å². The molecule has 3 aromatic rings. The fourth-order valence-corrected chi connectivity index (χ4v) is 4.12. The van der Waals surface area contributed by atoms with E-state index in [1.54, 1.807) is 25.1 Å². The van der Waals surface area contributed by atoms with Gasteiger partial charge in [-0.1, -0.05) is 35.9 Å². The lowest BCUT2D eigenvalue weighted by molar-refractivity contribution is -0.131. The van der Waals surface area contributed by atoms with Crippen LogP contribution in [-0.2, 0) is 16.9 Å². The number of ether oxygens (including phenoxy) is 2. The van der Waals surface area contributed by atoms with Gasteiger partial charge in [-0.3, -0.25) is 9.69 Å². The van der Waals surface area contributed by atoms with Crippen molar-refractivity contribution >= 4 is 34.4 Å². The number of halogens is 1. The molecule has 1 atom stereocenters. The first-order valence-electron chi connectivity index (χ1n) is 9.46. The zero-order chi connectivity index (χ0) is 21.0. The molecule has 2 aliphatic heterocycles. The summed E-state index contributed by atoms with van der Waals surface area (Å²) in [5.41, 5.74) is 1.49. The van der Waals surface area contributed by atoms with Crippen LogP contribution in [0.1, 0.15) is 23.7 Å². The largest absolute Gasteiger partial charge is 0.454 e. The number of fused-ring (bicyclic) bond motifs is 2. The molecule has 0 saturated carbocycles. The van der Waals surface area contributed by atoms with E-state index in [-0.39, 0.29) is 19.2 Å². The molecule has 0 bridgehead atoms. The number of aryl methyl sites for hydroxylation is 1. The Kier molecular flexibility index (Phi) is 4.11. The predicted molar refractivity (Wildman–Crippen MR) is 110 cm³/mol. The van der Waals surface area contributed by atoms with E-state index in [4.69, 9.17) is 21.1 Å². The third kappa shape index (κ3) is 2.69. The second kappa shape index (κ2) is 6.60. The molecule has 8 heteroatoms. The molecule has 30 heavy (non-hydrogen) atoms. The Balaban J connectivity index is 1.49. The van der Waals surface area contributed by atoms with Crippen molar-refractivity contribution in [2.45, 2.75) is 25.9 Å². The topological polar surface area (TPSA) is 80.8 Å².